The Morgan fingerprint density at radius 3 is 2.25 bits per heavy atom. The van der Waals surface area contributed by atoms with Crippen molar-refractivity contribution in [2.24, 2.45) is 23.7 Å². The molecule has 9 heteroatoms. The molecule has 4 aromatic rings. The minimum Gasteiger partial charge on any atom is -0.491 e. The standard InChI is InChI=1S/C43H41N3O6/c1-3-27-15-19-30(20-16-27)45-39(48)33-22-21-31-34(37(33)41(45)50)25-35-40(49)46(44-29-17-13-26(2)14-18-29)42(51)43(35,28-9-5-4-6-10-28)38(31)32-11-7-8-12-36(32)52-24-23-47/h4-21,33-35,37-38,44,47H,3,22-25H2,1-2H3. The van der Waals surface area contributed by atoms with Gasteiger partial charge in [0.05, 0.1) is 41.2 Å². The summed E-state index contributed by atoms with van der Waals surface area (Å²) in [5.74, 6) is -4.23. The SMILES string of the molecule is CCc1ccc(N2C(=O)C3CC=C4C(CC5C(=O)N(Nc6ccc(C)cc6)C(=O)C5(c5ccccc5)C4c4ccccc4OCCO)C3C2=O)cc1. The predicted molar refractivity (Wildman–Crippen MR) is 196 cm³/mol. The molecule has 264 valence electrons. The van der Waals surface area contributed by atoms with E-state index < -0.39 is 46.8 Å². The Balaban J connectivity index is 1.31. The van der Waals surface area contributed by atoms with E-state index in [0.29, 0.717) is 34.7 Å². The van der Waals surface area contributed by atoms with E-state index in [9.17, 15) is 19.5 Å². The number of hydrogen-bond donors (Lipinski definition) is 2. The van der Waals surface area contributed by atoms with E-state index >= 15 is 4.79 Å². The molecule has 0 bridgehead atoms. The second-order valence-electron chi connectivity index (χ2n) is 14.2. The Morgan fingerprint density at radius 2 is 1.54 bits per heavy atom. The Hall–Kier alpha value is -5.54. The van der Waals surface area contributed by atoms with E-state index in [1.807, 2.05) is 116 Å². The molecule has 4 amide bonds. The van der Waals surface area contributed by atoms with Crippen LogP contribution >= 0.6 is 0 Å². The quantitative estimate of drug-likeness (QED) is 0.160. The first-order valence-corrected chi connectivity index (χ1v) is 18.1. The topological polar surface area (TPSA) is 116 Å². The molecule has 0 aromatic heterocycles. The van der Waals surface area contributed by atoms with Crippen LogP contribution in [0.1, 0.15) is 47.9 Å². The van der Waals surface area contributed by atoms with Crippen LogP contribution in [0.25, 0.3) is 0 Å². The fraction of sp³-hybridized carbons (Fsp3) is 0.302. The molecule has 2 heterocycles. The number of hydrogen-bond acceptors (Lipinski definition) is 7. The number of para-hydroxylation sites is 1. The summed E-state index contributed by atoms with van der Waals surface area (Å²) in [6, 6.07) is 31.9. The number of fused-ring (bicyclic) bond motifs is 4. The molecule has 4 aromatic carbocycles. The van der Waals surface area contributed by atoms with Crippen LogP contribution in [0, 0.1) is 30.6 Å². The average Bonchev–Trinajstić information content (AvgIpc) is 3.56. The van der Waals surface area contributed by atoms with E-state index in [2.05, 4.69) is 12.3 Å². The largest absolute Gasteiger partial charge is 0.491 e. The summed E-state index contributed by atoms with van der Waals surface area (Å²) in [5, 5.41) is 10.9. The summed E-state index contributed by atoms with van der Waals surface area (Å²) in [7, 11) is 0. The number of nitrogens with one attached hydrogen (secondary N) is 1. The zero-order valence-corrected chi connectivity index (χ0v) is 29.2. The fourth-order valence-electron chi connectivity index (χ4n) is 9.23. The second-order valence-corrected chi connectivity index (χ2v) is 14.2. The van der Waals surface area contributed by atoms with Gasteiger partial charge in [0.25, 0.3) is 11.8 Å². The Kier molecular flexibility index (Phi) is 8.54. The van der Waals surface area contributed by atoms with Crippen molar-refractivity contribution in [2.75, 3.05) is 23.5 Å². The number of ether oxygens (including phenoxy) is 1. The van der Waals surface area contributed by atoms with Crippen molar-refractivity contribution in [1.82, 2.24) is 5.01 Å². The zero-order valence-electron chi connectivity index (χ0n) is 29.2. The fourth-order valence-corrected chi connectivity index (χ4v) is 9.23. The Morgan fingerprint density at radius 1 is 0.827 bits per heavy atom. The lowest BCUT2D eigenvalue weighted by atomic mass is 9.49. The molecule has 6 unspecified atom stereocenters. The number of rotatable bonds is 9. The summed E-state index contributed by atoms with van der Waals surface area (Å²) in [4.78, 5) is 60.3. The number of aliphatic hydroxyl groups is 1. The molecule has 0 spiro atoms. The molecule has 2 aliphatic heterocycles. The Bertz CT molecular complexity index is 2080. The number of amides is 4. The van der Waals surface area contributed by atoms with Crippen molar-refractivity contribution >= 4 is 35.0 Å². The summed E-state index contributed by atoms with van der Waals surface area (Å²) in [6.45, 7) is 3.84. The number of benzene rings is 4. The van der Waals surface area contributed by atoms with Crippen molar-refractivity contribution in [3.63, 3.8) is 0 Å². The van der Waals surface area contributed by atoms with Crippen molar-refractivity contribution in [2.45, 2.75) is 44.4 Å². The molecule has 4 aliphatic rings. The lowest BCUT2D eigenvalue weighted by Crippen LogP contribution is -2.53. The van der Waals surface area contributed by atoms with E-state index in [-0.39, 0.29) is 31.4 Å². The molecule has 3 fully saturated rings. The van der Waals surface area contributed by atoms with Crippen LogP contribution in [0.15, 0.2) is 115 Å². The lowest BCUT2D eigenvalue weighted by molar-refractivity contribution is -0.138. The Labute approximate surface area is 302 Å². The van der Waals surface area contributed by atoms with Gasteiger partial charge < -0.3 is 9.84 Å². The monoisotopic (exact) mass is 695 g/mol. The van der Waals surface area contributed by atoms with Gasteiger partial charge in [-0.25, -0.2) is 0 Å². The van der Waals surface area contributed by atoms with Crippen LogP contribution in [0.3, 0.4) is 0 Å². The molecule has 6 atom stereocenters. The number of aliphatic hydroxyl groups excluding tert-OH is 1. The third kappa shape index (κ3) is 5.09. The number of aryl methyl sites for hydroxylation is 2. The van der Waals surface area contributed by atoms with E-state index in [1.165, 1.54) is 4.90 Å². The zero-order chi connectivity index (χ0) is 36.1. The summed E-state index contributed by atoms with van der Waals surface area (Å²) >= 11 is 0. The van der Waals surface area contributed by atoms with E-state index in [4.69, 9.17) is 4.74 Å². The number of anilines is 2. The van der Waals surface area contributed by atoms with Gasteiger partial charge in [0.15, 0.2) is 0 Å². The molecule has 2 saturated heterocycles. The number of hydrazine groups is 1. The highest BCUT2D eigenvalue weighted by Crippen LogP contribution is 2.65. The first-order chi connectivity index (χ1) is 25.3. The molecule has 9 nitrogen and oxygen atoms in total. The first-order valence-electron chi connectivity index (χ1n) is 18.1. The lowest BCUT2D eigenvalue weighted by Gasteiger charge is -2.50. The minimum absolute atomic E-state index is 0.0332. The molecular formula is C43H41N3O6. The number of carbonyl (C=O) groups excluding carboxylic acids is 4. The van der Waals surface area contributed by atoms with Crippen molar-refractivity contribution in [1.29, 1.82) is 0 Å². The van der Waals surface area contributed by atoms with Crippen LogP contribution < -0.4 is 15.1 Å². The molecular weight excluding hydrogens is 654 g/mol. The first kappa shape index (κ1) is 33.6. The predicted octanol–water partition coefficient (Wildman–Crippen LogP) is 6.12. The van der Waals surface area contributed by atoms with Crippen LogP contribution in [0.2, 0.25) is 0 Å². The van der Waals surface area contributed by atoms with Gasteiger partial charge in [-0.15, -0.1) is 0 Å². The van der Waals surface area contributed by atoms with Crippen molar-refractivity contribution < 1.29 is 29.0 Å². The van der Waals surface area contributed by atoms with Crippen LogP contribution in [0.4, 0.5) is 11.4 Å². The molecule has 2 aliphatic carbocycles. The van der Waals surface area contributed by atoms with Gasteiger partial charge in [0, 0.05) is 11.5 Å². The van der Waals surface area contributed by atoms with Gasteiger partial charge in [0.2, 0.25) is 11.8 Å². The highest BCUT2D eigenvalue weighted by molar-refractivity contribution is 6.22. The van der Waals surface area contributed by atoms with Gasteiger partial charge in [-0.1, -0.05) is 96.9 Å². The molecule has 1 saturated carbocycles. The molecule has 2 N–H and O–H groups in total. The van der Waals surface area contributed by atoms with Gasteiger partial charge in [-0.05, 0) is 73.6 Å². The molecule has 8 rings (SSSR count). The van der Waals surface area contributed by atoms with Gasteiger partial charge in [-0.2, -0.15) is 5.01 Å². The highest BCUT2D eigenvalue weighted by atomic mass is 16.5. The minimum atomic E-state index is -1.41. The summed E-state index contributed by atoms with van der Waals surface area (Å²) < 4.78 is 6.13. The molecule has 52 heavy (non-hydrogen) atoms. The maximum absolute atomic E-state index is 15.4. The smallest absolute Gasteiger partial charge is 0.260 e. The van der Waals surface area contributed by atoms with Crippen molar-refractivity contribution in [3.8, 4) is 5.75 Å². The van der Waals surface area contributed by atoms with Gasteiger partial charge in [0.1, 0.15) is 12.4 Å². The van der Waals surface area contributed by atoms with E-state index in [1.54, 1.807) is 0 Å². The molecule has 0 radical (unpaired) electrons. The van der Waals surface area contributed by atoms with Crippen LogP contribution in [-0.4, -0.2) is 47.0 Å². The van der Waals surface area contributed by atoms with Gasteiger partial charge >= 0.3 is 0 Å². The average molecular weight is 696 g/mol. The van der Waals surface area contributed by atoms with Crippen LogP contribution in [0.5, 0.6) is 5.75 Å². The third-order valence-corrected chi connectivity index (χ3v) is 11.6. The number of imide groups is 2. The number of allylic oxidation sites excluding steroid dienone is 2. The van der Waals surface area contributed by atoms with Gasteiger partial charge in [-0.3, -0.25) is 29.5 Å². The second kappa shape index (κ2) is 13.2. The van der Waals surface area contributed by atoms with Crippen LogP contribution in [-0.2, 0) is 31.0 Å². The normalized spacial score (nSPS) is 26.5. The highest BCUT2D eigenvalue weighted by Gasteiger charge is 2.70. The maximum Gasteiger partial charge on any atom is 0.260 e. The number of nitrogens with zero attached hydrogens (tertiary/aromatic N) is 2. The third-order valence-electron chi connectivity index (χ3n) is 11.6. The van der Waals surface area contributed by atoms with E-state index in [0.717, 1.165) is 28.1 Å². The van der Waals surface area contributed by atoms with Crippen molar-refractivity contribution in [3.05, 3.63) is 137 Å². The number of carbonyl (C=O) groups is 4. The summed E-state index contributed by atoms with van der Waals surface area (Å²) in [5.41, 5.74) is 7.22. The summed E-state index contributed by atoms with van der Waals surface area (Å²) in [6.07, 6.45) is 3.41. The maximum atomic E-state index is 15.4.